The SMILES string of the molecule is CC(=O)c1nn(C)c(C(N)=O)c1N. The third-order valence-electron chi connectivity index (χ3n) is 1.65. The molecular weight excluding hydrogens is 172 g/mol. The van der Waals surface area contributed by atoms with Gasteiger partial charge >= 0.3 is 0 Å². The molecule has 1 heterocycles. The summed E-state index contributed by atoms with van der Waals surface area (Å²) in [6, 6.07) is 0. The lowest BCUT2D eigenvalue weighted by Gasteiger charge is -1.95. The van der Waals surface area contributed by atoms with E-state index >= 15 is 0 Å². The van der Waals surface area contributed by atoms with E-state index < -0.39 is 5.91 Å². The fraction of sp³-hybridized carbons (Fsp3) is 0.286. The maximum absolute atomic E-state index is 10.9. The van der Waals surface area contributed by atoms with E-state index in [0.717, 1.165) is 0 Å². The molecule has 6 nitrogen and oxygen atoms in total. The molecule has 0 atom stereocenters. The lowest BCUT2D eigenvalue weighted by molar-refractivity contribution is 0.0988. The first-order valence-electron chi connectivity index (χ1n) is 3.58. The maximum Gasteiger partial charge on any atom is 0.269 e. The van der Waals surface area contributed by atoms with Gasteiger partial charge in [-0.15, -0.1) is 0 Å². The van der Waals surface area contributed by atoms with Gasteiger partial charge < -0.3 is 11.5 Å². The zero-order chi connectivity index (χ0) is 10.2. The molecule has 0 aliphatic carbocycles. The molecule has 70 valence electrons. The van der Waals surface area contributed by atoms with Gasteiger partial charge in [-0.05, 0) is 0 Å². The van der Waals surface area contributed by atoms with Crippen LogP contribution in [0, 0.1) is 0 Å². The van der Waals surface area contributed by atoms with Crippen molar-refractivity contribution in [1.29, 1.82) is 0 Å². The fourth-order valence-electron chi connectivity index (χ4n) is 1.09. The third kappa shape index (κ3) is 1.37. The molecule has 0 aromatic carbocycles. The van der Waals surface area contributed by atoms with E-state index in [2.05, 4.69) is 5.10 Å². The van der Waals surface area contributed by atoms with Crippen molar-refractivity contribution in [3.8, 4) is 0 Å². The molecule has 0 bridgehead atoms. The van der Waals surface area contributed by atoms with Crippen molar-refractivity contribution in [2.75, 3.05) is 5.73 Å². The van der Waals surface area contributed by atoms with Crippen molar-refractivity contribution in [3.63, 3.8) is 0 Å². The van der Waals surface area contributed by atoms with E-state index in [0.29, 0.717) is 0 Å². The van der Waals surface area contributed by atoms with Crippen LogP contribution in [0.1, 0.15) is 27.9 Å². The Hall–Kier alpha value is -1.85. The number of rotatable bonds is 2. The summed E-state index contributed by atoms with van der Waals surface area (Å²) in [7, 11) is 1.50. The van der Waals surface area contributed by atoms with E-state index in [1.165, 1.54) is 18.7 Å². The summed E-state index contributed by atoms with van der Waals surface area (Å²) in [5.74, 6) is -0.986. The molecule has 1 amide bonds. The number of hydrogen-bond donors (Lipinski definition) is 2. The highest BCUT2D eigenvalue weighted by molar-refractivity contribution is 6.04. The summed E-state index contributed by atoms with van der Waals surface area (Å²) in [6.07, 6.45) is 0. The number of nitrogens with two attached hydrogens (primary N) is 2. The number of nitrogens with zero attached hydrogens (tertiary/aromatic N) is 2. The molecule has 1 rings (SSSR count). The average molecular weight is 182 g/mol. The van der Waals surface area contributed by atoms with Crippen LogP contribution < -0.4 is 11.5 Å². The summed E-state index contributed by atoms with van der Waals surface area (Å²) < 4.78 is 1.20. The Morgan fingerprint density at radius 3 is 2.23 bits per heavy atom. The third-order valence-corrected chi connectivity index (χ3v) is 1.65. The van der Waals surface area contributed by atoms with Gasteiger partial charge in [-0.25, -0.2) is 0 Å². The summed E-state index contributed by atoms with van der Waals surface area (Å²) in [6.45, 7) is 1.32. The first kappa shape index (κ1) is 9.24. The zero-order valence-corrected chi connectivity index (χ0v) is 7.37. The van der Waals surface area contributed by atoms with Gasteiger partial charge in [-0.3, -0.25) is 14.3 Å². The van der Waals surface area contributed by atoms with Crippen molar-refractivity contribution < 1.29 is 9.59 Å². The molecule has 0 aliphatic heterocycles. The van der Waals surface area contributed by atoms with Gasteiger partial charge in [-0.2, -0.15) is 5.10 Å². The summed E-state index contributed by atoms with van der Waals surface area (Å²) >= 11 is 0. The van der Waals surface area contributed by atoms with Gasteiger partial charge in [0.25, 0.3) is 5.91 Å². The van der Waals surface area contributed by atoms with Gasteiger partial charge in [0.1, 0.15) is 5.69 Å². The van der Waals surface area contributed by atoms with E-state index in [9.17, 15) is 9.59 Å². The Morgan fingerprint density at radius 1 is 1.46 bits per heavy atom. The summed E-state index contributed by atoms with van der Waals surface area (Å²) in [5, 5.41) is 3.77. The largest absolute Gasteiger partial charge is 0.395 e. The maximum atomic E-state index is 10.9. The van der Waals surface area contributed by atoms with Crippen LogP contribution in [0.4, 0.5) is 5.69 Å². The molecule has 0 aliphatic rings. The van der Waals surface area contributed by atoms with E-state index in [1.807, 2.05) is 0 Å². The molecule has 0 saturated heterocycles. The molecule has 1 aromatic heterocycles. The number of amides is 1. The molecular formula is C7H10N4O2. The summed E-state index contributed by atoms with van der Waals surface area (Å²) in [5.41, 5.74) is 10.7. The Kier molecular flexibility index (Phi) is 2.05. The van der Waals surface area contributed by atoms with Crippen LogP contribution in [0.5, 0.6) is 0 Å². The standard InChI is InChI=1S/C7H10N4O2/c1-3(12)5-4(8)6(7(9)13)11(2)10-5/h8H2,1-2H3,(H2,9,13). The Balaban J connectivity index is 3.39. The number of Topliss-reactive ketones (excluding diaryl/α,β-unsaturated/α-hetero) is 1. The van der Waals surface area contributed by atoms with E-state index in [4.69, 9.17) is 11.5 Å². The molecule has 0 saturated carbocycles. The Morgan fingerprint density at radius 2 is 2.00 bits per heavy atom. The topological polar surface area (TPSA) is 104 Å². The Labute approximate surface area is 74.5 Å². The lowest BCUT2D eigenvalue weighted by atomic mass is 10.2. The average Bonchev–Trinajstić information content (AvgIpc) is 2.26. The molecule has 0 fully saturated rings. The number of ketones is 1. The van der Waals surface area contributed by atoms with Gasteiger partial charge in [-0.1, -0.05) is 0 Å². The van der Waals surface area contributed by atoms with Crippen LogP contribution in [0.3, 0.4) is 0 Å². The lowest BCUT2D eigenvalue weighted by Crippen LogP contribution is -2.17. The van der Waals surface area contributed by atoms with Gasteiger partial charge in [0.15, 0.2) is 11.5 Å². The second-order valence-electron chi connectivity index (χ2n) is 2.65. The minimum absolute atomic E-state index is 0.0440. The first-order chi connectivity index (χ1) is 5.95. The number of hydrogen-bond acceptors (Lipinski definition) is 4. The molecule has 0 unspecified atom stereocenters. The number of aromatic nitrogens is 2. The second-order valence-corrected chi connectivity index (χ2v) is 2.65. The van der Waals surface area contributed by atoms with E-state index in [1.54, 1.807) is 0 Å². The predicted octanol–water partition coefficient (Wildman–Crippen LogP) is -0.696. The van der Waals surface area contributed by atoms with Crippen LogP contribution in [-0.2, 0) is 7.05 Å². The highest BCUT2D eigenvalue weighted by Gasteiger charge is 2.19. The number of anilines is 1. The van der Waals surface area contributed by atoms with Crippen molar-refractivity contribution in [1.82, 2.24) is 9.78 Å². The highest BCUT2D eigenvalue weighted by Crippen LogP contribution is 2.15. The van der Waals surface area contributed by atoms with Crippen molar-refractivity contribution in [2.45, 2.75) is 6.92 Å². The molecule has 0 radical (unpaired) electrons. The van der Waals surface area contributed by atoms with Crippen LogP contribution in [0.15, 0.2) is 0 Å². The van der Waals surface area contributed by atoms with Crippen LogP contribution in [-0.4, -0.2) is 21.5 Å². The first-order valence-corrected chi connectivity index (χ1v) is 3.58. The normalized spacial score (nSPS) is 10.0. The monoisotopic (exact) mass is 182 g/mol. The smallest absolute Gasteiger partial charge is 0.269 e. The number of carbonyl (C=O) groups excluding carboxylic acids is 2. The van der Waals surface area contributed by atoms with Crippen LogP contribution >= 0.6 is 0 Å². The highest BCUT2D eigenvalue weighted by atomic mass is 16.1. The molecule has 4 N–H and O–H groups in total. The fourth-order valence-corrected chi connectivity index (χ4v) is 1.09. The van der Waals surface area contributed by atoms with Crippen molar-refractivity contribution in [3.05, 3.63) is 11.4 Å². The molecule has 6 heteroatoms. The van der Waals surface area contributed by atoms with Crippen LogP contribution in [0.25, 0.3) is 0 Å². The van der Waals surface area contributed by atoms with Gasteiger partial charge in [0.05, 0.1) is 5.69 Å². The number of aryl methyl sites for hydroxylation is 1. The minimum atomic E-state index is -0.694. The van der Waals surface area contributed by atoms with E-state index in [-0.39, 0.29) is 22.9 Å². The Bertz CT molecular complexity index is 380. The summed E-state index contributed by atoms with van der Waals surface area (Å²) in [4.78, 5) is 21.8. The minimum Gasteiger partial charge on any atom is -0.395 e. The second kappa shape index (κ2) is 2.89. The van der Waals surface area contributed by atoms with Crippen molar-refractivity contribution in [2.24, 2.45) is 12.8 Å². The number of nitrogen functional groups attached to an aromatic ring is 1. The van der Waals surface area contributed by atoms with Gasteiger partial charge in [0, 0.05) is 14.0 Å². The molecule has 13 heavy (non-hydrogen) atoms. The molecule has 1 aromatic rings. The quantitative estimate of drug-likeness (QED) is 0.590. The molecule has 0 spiro atoms. The number of carbonyl (C=O) groups is 2. The van der Waals surface area contributed by atoms with Crippen LogP contribution in [0.2, 0.25) is 0 Å². The number of primary amides is 1. The predicted molar refractivity (Wildman–Crippen MR) is 46.1 cm³/mol. The van der Waals surface area contributed by atoms with Crippen molar-refractivity contribution >= 4 is 17.4 Å². The zero-order valence-electron chi connectivity index (χ0n) is 7.37. The van der Waals surface area contributed by atoms with Gasteiger partial charge in [0.2, 0.25) is 0 Å².